The van der Waals surface area contributed by atoms with Gasteiger partial charge in [0.1, 0.15) is 13.1 Å². The van der Waals surface area contributed by atoms with Crippen molar-refractivity contribution < 1.29 is 21.6 Å². The van der Waals surface area contributed by atoms with Gasteiger partial charge in [-0.3, -0.25) is 0 Å². The van der Waals surface area contributed by atoms with Gasteiger partial charge in [-0.05, 0) is 13.8 Å². The van der Waals surface area contributed by atoms with E-state index >= 15 is 0 Å². The molecule has 94 valence electrons. The highest BCUT2D eigenvalue weighted by molar-refractivity contribution is 7.87. The zero-order valence-corrected chi connectivity index (χ0v) is 9.56. The molecule has 0 radical (unpaired) electrons. The van der Waals surface area contributed by atoms with E-state index in [0.717, 1.165) is 0 Å². The van der Waals surface area contributed by atoms with E-state index in [1.165, 1.54) is 18.6 Å². The zero-order chi connectivity index (χ0) is 13.0. The molecule has 0 aliphatic carbocycles. The summed E-state index contributed by atoms with van der Waals surface area (Å²) >= 11 is 0. The fourth-order valence-corrected chi connectivity index (χ4v) is 2.17. The Morgan fingerprint density at radius 3 is 2.25 bits per heavy atom. The molecule has 0 bridgehead atoms. The van der Waals surface area contributed by atoms with Crippen molar-refractivity contribution in [1.29, 1.82) is 5.26 Å². The summed E-state index contributed by atoms with van der Waals surface area (Å²) in [6, 6.07) is 0.986. The highest BCUT2D eigenvalue weighted by Gasteiger charge is 2.32. The van der Waals surface area contributed by atoms with Crippen LogP contribution < -0.4 is 4.72 Å². The smallest absolute Gasteiger partial charge is 0.197 e. The van der Waals surface area contributed by atoms with Gasteiger partial charge in [-0.15, -0.1) is 0 Å². The van der Waals surface area contributed by atoms with Crippen molar-refractivity contribution in [2.45, 2.75) is 26.1 Å². The maximum atomic E-state index is 11.8. The predicted molar refractivity (Wildman–Crippen MR) is 50.4 cm³/mol. The summed E-state index contributed by atoms with van der Waals surface area (Å²) in [6.45, 7) is 0.781. The van der Waals surface area contributed by atoms with E-state index in [9.17, 15) is 21.6 Å². The quantitative estimate of drug-likeness (QED) is 0.735. The summed E-state index contributed by atoms with van der Waals surface area (Å²) in [5.74, 6) is 0. The van der Waals surface area contributed by atoms with Crippen LogP contribution in [0.5, 0.6) is 0 Å². The molecule has 9 heteroatoms. The number of nitriles is 1. The average Bonchev–Trinajstić information content (AvgIpc) is 2.09. The van der Waals surface area contributed by atoms with Gasteiger partial charge in [0, 0.05) is 6.04 Å². The highest BCUT2D eigenvalue weighted by Crippen LogP contribution is 2.14. The fourth-order valence-electron chi connectivity index (χ4n) is 0.871. The molecule has 0 aromatic rings. The molecule has 0 saturated carbocycles. The normalized spacial score (nSPS) is 13.1. The maximum Gasteiger partial charge on any atom is 0.402 e. The Balaban J connectivity index is 4.70. The van der Waals surface area contributed by atoms with Gasteiger partial charge in [0.25, 0.3) is 10.2 Å². The molecule has 0 aliphatic heterocycles. The van der Waals surface area contributed by atoms with Crippen LogP contribution in [0.4, 0.5) is 13.2 Å². The molecule has 0 saturated heterocycles. The lowest BCUT2D eigenvalue weighted by Crippen LogP contribution is -2.47. The van der Waals surface area contributed by atoms with Crippen LogP contribution >= 0.6 is 0 Å². The van der Waals surface area contributed by atoms with Gasteiger partial charge in [0.2, 0.25) is 0 Å². The Morgan fingerprint density at radius 1 is 1.44 bits per heavy atom. The SMILES string of the molecule is CC(C)N(CC#N)S(=O)(=O)NCC(F)(F)F. The monoisotopic (exact) mass is 259 g/mol. The standard InChI is InChI=1S/C7H12F3N3O2S/c1-6(2)13(4-3-11)16(14,15)12-5-7(8,9)10/h6,12H,4-5H2,1-2H3. The van der Waals surface area contributed by atoms with Gasteiger partial charge in [-0.1, -0.05) is 0 Å². The predicted octanol–water partition coefficient (Wildman–Crippen LogP) is 0.617. The van der Waals surface area contributed by atoms with Crippen molar-refractivity contribution in [2.75, 3.05) is 13.1 Å². The van der Waals surface area contributed by atoms with Gasteiger partial charge in [0.05, 0.1) is 6.07 Å². The maximum absolute atomic E-state index is 11.8. The van der Waals surface area contributed by atoms with Crippen molar-refractivity contribution in [3.05, 3.63) is 0 Å². The van der Waals surface area contributed by atoms with Gasteiger partial charge < -0.3 is 0 Å². The van der Waals surface area contributed by atoms with Crippen LogP contribution in [0, 0.1) is 11.3 Å². The summed E-state index contributed by atoms with van der Waals surface area (Å²) in [5, 5.41) is 8.37. The third-order valence-corrected chi connectivity index (χ3v) is 3.24. The minimum atomic E-state index is -4.62. The van der Waals surface area contributed by atoms with Gasteiger partial charge in [-0.25, -0.2) is 0 Å². The number of rotatable bonds is 5. The summed E-state index contributed by atoms with van der Waals surface area (Å²) in [5.41, 5.74) is 0. The summed E-state index contributed by atoms with van der Waals surface area (Å²) < 4.78 is 60.3. The number of halogens is 3. The van der Waals surface area contributed by atoms with E-state index in [1.807, 2.05) is 0 Å². The van der Waals surface area contributed by atoms with Crippen LogP contribution in [-0.2, 0) is 10.2 Å². The molecule has 0 rings (SSSR count). The Labute approximate surface area is 92.0 Å². The van der Waals surface area contributed by atoms with E-state index in [0.29, 0.717) is 4.31 Å². The van der Waals surface area contributed by atoms with Crippen LogP contribution in [0.25, 0.3) is 0 Å². The Hall–Kier alpha value is -0.850. The van der Waals surface area contributed by atoms with E-state index in [4.69, 9.17) is 5.26 Å². The molecular formula is C7H12F3N3O2S. The molecule has 1 N–H and O–H groups in total. The van der Waals surface area contributed by atoms with E-state index in [2.05, 4.69) is 0 Å². The lowest BCUT2D eigenvalue weighted by Gasteiger charge is -2.23. The summed E-state index contributed by atoms with van der Waals surface area (Å²) in [4.78, 5) is 0. The Kier molecular flexibility index (Phi) is 5.18. The Morgan fingerprint density at radius 2 is 1.94 bits per heavy atom. The van der Waals surface area contributed by atoms with Gasteiger partial charge in [0.15, 0.2) is 0 Å². The molecule has 0 heterocycles. The topological polar surface area (TPSA) is 73.2 Å². The second-order valence-corrected chi connectivity index (χ2v) is 4.95. The first-order chi connectivity index (χ1) is 7.10. The van der Waals surface area contributed by atoms with Gasteiger partial charge >= 0.3 is 6.18 Å². The highest BCUT2D eigenvalue weighted by atomic mass is 32.2. The lowest BCUT2D eigenvalue weighted by atomic mass is 10.4. The Bertz CT molecular complexity index is 358. The van der Waals surface area contributed by atoms with Crippen molar-refractivity contribution in [3.8, 4) is 6.07 Å². The number of nitrogens with one attached hydrogen (secondary N) is 1. The first-order valence-corrected chi connectivity index (χ1v) is 5.74. The third-order valence-electron chi connectivity index (χ3n) is 1.57. The lowest BCUT2D eigenvalue weighted by molar-refractivity contribution is -0.121. The van der Waals surface area contributed by atoms with E-state index in [-0.39, 0.29) is 0 Å². The van der Waals surface area contributed by atoms with Crippen LogP contribution in [-0.4, -0.2) is 38.0 Å². The molecule has 0 fully saturated rings. The van der Waals surface area contributed by atoms with Crippen LogP contribution in [0.3, 0.4) is 0 Å². The first kappa shape index (κ1) is 15.2. The molecule has 0 atom stereocenters. The van der Waals surface area contributed by atoms with E-state index in [1.54, 1.807) is 6.07 Å². The van der Waals surface area contributed by atoms with Crippen molar-refractivity contribution in [2.24, 2.45) is 0 Å². The molecule has 16 heavy (non-hydrogen) atoms. The van der Waals surface area contributed by atoms with Crippen LogP contribution in [0.2, 0.25) is 0 Å². The third kappa shape index (κ3) is 5.29. The second-order valence-electron chi connectivity index (χ2n) is 3.24. The van der Waals surface area contributed by atoms with Crippen molar-refractivity contribution in [3.63, 3.8) is 0 Å². The molecular weight excluding hydrogens is 247 g/mol. The second kappa shape index (κ2) is 5.47. The zero-order valence-electron chi connectivity index (χ0n) is 8.74. The number of nitrogens with zero attached hydrogens (tertiary/aromatic N) is 2. The fraction of sp³-hybridized carbons (Fsp3) is 0.857. The number of hydrogen-bond acceptors (Lipinski definition) is 3. The van der Waals surface area contributed by atoms with Crippen LogP contribution in [0.1, 0.15) is 13.8 Å². The van der Waals surface area contributed by atoms with Crippen LogP contribution in [0.15, 0.2) is 0 Å². The molecule has 0 aliphatic rings. The van der Waals surface area contributed by atoms with E-state index < -0.39 is 35.5 Å². The molecule has 0 spiro atoms. The molecule has 0 amide bonds. The van der Waals surface area contributed by atoms with Crippen molar-refractivity contribution in [1.82, 2.24) is 9.03 Å². The minimum Gasteiger partial charge on any atom is -0.197 e. The summed E-state index contributed by atoms with van der Waals surface area (Å²) in [6.07, 6.45) is -4.62. The molecule has 5 nitrogen and oxygen atoms in total. The molecule has 0 aromatic carbocycles. The number of hydrogen-bond donors (Lipinski definition) is 1. The molecule has 0 aromatic heterocycles. The average molecular weight is 259 g/mol. The largest absolute Gasteiger partial charge is 0.402 e. The van der Waals surface area contributed by atoms with Crippen molar-refractivity contribution >= 4 is 10.2 Å². The van der Waals surface area contributed by atoms with Gasteiger partial charge in [-0.2, -0.15) is 35.9 Å². The first-order valence-electron chi connectivity index (χ1n) is 4.30. The summed E-state index contributed by atoms with van der Waals surface area (Å²) in [7, 11) is -4.28. The molecule has 0 unspecified atom stereocenters. The minimum absolute atomic E-state index is 0.495. The number of alkyl halides is 3.